The lowest BCUT2D eigenvalue weighted by Gasteiger charge is -2.13. The highest BCUT2D eigenvalue weighted by Crippen LogP contribution is 2.27. The number of methoxy groups -OCH3 is 3. The van der Waals surface area contributed by atoms with Crippen LogP contribution in [0.1, 0.15) is 12.5 Å². The molecule has 1 amide bonds. The minimum Gasteiger partial charge on any atom is -0.493 e. The third-order valence-electron chi connectivity index (χ3n) is 2.64. The topological polar surface area (TPSA) is 56.8 Å². The second kappa shape index (κ2) is 7.63. The smallest absolute Gasteiger partial charge is 0.224 e. The summed E-state index contributed by atoms with van der Waals surface area (Å²) in [4.78, 5) is 11.8. The van der Waals surface area contributed by atoms with Gasteiger partial charge < -0.3 is 19.5 Å². The highest BCUT2D eigenvalue weighted by atomic mass is 16.5. The minimum atomic E-state index is -0.0447. The summed E-state index contributed by atoms with van der Waals surface area (Å²) in [6, 6.07) is 5.44. The van der Waals surface area contributed by atoms with E-state index in [2.05, 4.69) is 5.32 Å². The molecule has 106 valence electrons. The molecule has 1 aromatic carbocycles. The fourth-order valence-corrected chi connectivity index (χ4v) is 1.79. The average molecular weight is 267 g/mol. The Kier molecular flexibility index (Phi) is 6.15. The summed E-state index contributed by atoms with van der Waals surface area (Å²) in [6.45, 7) is 2.40. The molecule has 0 saturated carbocycles. The molecule has 5 heteroatoms. The van der Waals surface area contributed by atoms with Crippen molar-refractivity contribution in [1.29, 1.82) is 0 Å². The third-order valence-corrected chi connectivity index (χ3v) is 2.64. The summed E-state index contributed by atoms with van der Waals surface area (Å²) >= 11 is 0. The van der Waals surface area contributed by atoms with Crippen molar-refractivity contribution in [3.8, 4) is 11.5 Å². The van der Waals surface area contributed by atoms with Crippen molar-refractivity contribution in [3.05, 3.63) is 23.8 Å². The van der Waals surface area contributed by atoms with Gasteiger partial charge in [0.25, 0.3) is 0 Å². The molecule has 0 aliphatic carbocycles. The number of carbonyl (C=O) groups excluding carboxylic acids is 1. The van der Waals surface area contributed by atoms with Crippen LogP contribution in [-0.4, -0.2) is 39.9 Å². The Labute approximate surface area is 113 Å². The Balaban J connectivity index is 2.64. The molecular weight excluding hydrogens is 246 g/mol. The average Bonchev–Trinajstić information content (AvgIpc) is 2.38. The van der Waals surface area contributed by atoms with Crippen molar-refractivity contribution in [1.82, 2.24) is 5.32 Å². The maximum Gasteiger partial charge on any atom is 0.224 e. The number of carbonyl (C=O) groups is 1. The summed E-state index contributed by atoms with van der Waals surface area (Å²) < 4.78 is 15.3. The molecule has 0 aromatic heterocycles. The molecule has 1 atom stereocenters. The summed E-state index contributed by atoms with van der Waals surface area (Å²) in [5.41, 5.74) is 0.875. The van der Waals surface area contributed by atoms with Crippen LogP contribution in [0.4, 0.5) is 0 Å². The van der Waals surface area contributed by atoms with Crippen LogP contribution in [0.15, 0.2) is 18.2 Å². The van der Waals surface area contributed by atoms with Gasteiger partial charge in [-0.1, -0.05) is 6.07 Å². The molecule has 1 rings (SSSR count). The van der Waals surface area contributed by atoms with Crippen LogP contribution in [0.2, 0.25) is 0 Å². The van der Waals surface area contributed by atoms with Crippen molar-refractivity contribution in [2.45, 2.75) is 19.4 Å². The van der Waals surface area contributed by atoms with Crippen LogP contribution in [-0.2, 0) is 16.0 Å². The van der Waals surface area contributed by atoms with E-state index < -0.39 is 0 Å². The van der Waals surface area contributed by atoms with Gasteiger partial charge in [0.1, 0.15) is 0 Å². The van der Waals surface area contributed by atoms with Gasteiger partial charge in [-0.3, -0.25) is 4.79 Å². The lowest BCUT2D eigenvalue weighted by Crippen LogP contribution is -2.36. The van der Waals surface area contributed by atoms with E-state index in [-0.39, 0.29) is 11.9 Å². The van der Waals surface area contributed by atoms with Crippen LogP contribution in [0.25, 0.3) is 0 Å². The van der Waals surface area contributed by atoms with Gasteiger partial charge in [0.15, 0.2) is 11.5 Å². The van der Waals surface area contributed by atoms with Crippen molar-refractivity contribution in [2.24, 2.45) is 0 Å². The van der Waals surface area contributed by atoms with Crippen molar-refractivity contribution >= 4 is 5.91 Å². The maximum absolute atomic E-state index is 11.8. The summed E-state index contributed by atoms with van der Waals surface area (Å²) in [5, 5.41) is 2.86. The van der Waals surface area contributed by atoms with Gasteiger partial charge in [0, 0.05) is 13.2 Å². The molecule has 0 bridgehead atoms. The summed E-state index contributed by atoms with van der Waals surface area (Å²) in [7, 11) is 4.76. The number of nitrogens with one attached hydrogen (secondary N) is 1. The van der Waals surface area contributed by atoms with Crippen molar-refractivity contribution < 1.29 is 19.0 Å². The lowest BCUT2D eigenvalue weighted by atomic mass is 10.1. The predicted molar refractivity (Wildman–Crippen MR) is 72.7 cm³/mol. The fourth-order valence-electron chi connectivity index (χ4n) is 1.79. The molecule has 0 fully saturated rings. The van der Waals surface area contributed by atoms with Gasteiger partial charge >= 0.3 is 0 Å². The molecule has 19 heavy (non-hydrogen) atoms. The highest BCUT2D eigenvalue weighted by molar-refractivity contribution is 5.79. The number of hydrogen-bond donors (Lipinski definition) is 1. The first-order valence-corrected chi connectivity index (χ1v) is 6.10. The van der Waals surface area contributed by atoms with Gasteiger partial charge in [-0.15, -0.1) is 0 Å². The van der Waals surface area contributed by atoms with Crippen LogP contribution in [0, 0.1) is 0 Å². The summed E-state index contributed by atoms with van der Waals surface area (Å²) in [6.07, 6.45) is 0.300. The molecule has 0 aliphatic rings. The molecular formula is C14H21NO4. The number of rotatable bonds is 7. The van der Waals surface area contributed by atoms with Crippen molar-refractivity contribution in [2.75, 3.05) is 27.9 Å². The Morgan fingerprint density at radius 3 is 2.47 bits per heavy atom. The largest absolute Gasteiger partial charge is 0.493 e. The third kappa shape index (κ3) is 4.79. The van der Waals surface area contributed by atoms with Crippen molar-refractivity contribution in [3.63, 3.8) is 0 Å². The van der Waals surface area contributed by atoms with Crippen LogP contribution >= 0.6 is 0 Å². The SMILES string of the molecule is COC[C@@H](C)NC(=O)Cc1ccc(OC)c(OC)c1. The zero-order chi connectivity index (χ0) is 14.3. The van der Waals surface area contributed by atoms with E-state index in [0.717, 1.165) is 5.56 Å². The Morgan fingerprint density at radius 1 is 1.21 bits per heavy atom. The normalized spacial score (nSPS) is 11.8. The van der Waals surface area contributed by atoms with Gasteiger partial charge in [-0.25, -0.2) is 0 Å². The first-order valence-electron chi connectivity index (χ1n) is 6.10. The van der Waals surface area contributed by atoms with E-state index in [9.17, 15) is 4.79 Å². The highest BCUT2D eigenvalue weighted by Gasteiger charge is 2.10. The minimum absolute atomic E-state index is 0.00218. The monoisotopic (exact) mass is 267 g/mol. The van der Waals surface area contributed by atoms with Crippen LogP contribution in [0.3, 0.4) is 0 Å². The number of benzene rings is 1. The zero-order valence-electron chi connectivity index (χ0n) is 11.9. The molecule has 0 aliphatic heterocycles. The molecule has 0 unspecified atom stereocenters. The first-order chi connectivity index (χ1) is 9.10. The molecule has 1 aromatic rings. The second-order valence-electron chi connectivity index (χ2n) is 4.29. The van der Waals surface area contributed by atoms with Gasteiger partial charge in [-0.2, -0.15) is 0 Å². The second-order valence-corrected chi connectivity index (χ2v) is 4.29. The standard InChI is InChI=1S/C14H21NO4/c1-10(9-17-2)15-14(16)8-11-5-6-12(18-3)13(7-11)19-4/h5-7,10H,8-9H2,1-4H3,(H,15,16)/t10-/m1/s1. The molecule has 5 nitrogen and oxygen atoms in total. The van der Waals surface area contributed by atoms with Crippen LogP contribution in [0.5, 0.6) is 11.5 Å². The Bertz CT molecular complexity index is 420. The van der Waals surface area contributed by atoms with E-state index in [1.165, 1.54) is 0 Å². The molecule has 0 heterocycles. The van der Waals surface area contributed by atoms with Crippen LogP contribution < -0.4 is 14.8 Å². The number of hydrogen-bond acceptors (Lipinski definition) is 4. The summed E-state index contributed by atoms with van der Waals surface area (Å²) in [5.74, 6) is 1.23. The molecule has 0 radical (unpaired) electrons. The van der Waals surface area contributed by atoms with E-state index >= 15 is 0 Å². The maximum atomic E-state index is 11.8. The van der Waals surface area contributed by atoms with E-state index in [0.29, 0.717) is 24.5 Å². The first kappa shape index (κ1) is 15.3. The predicted octanol–water partition coefficient (Wildman–Crippen LogP) is 1.40. The van der Waals surface area contributed by atoms with Gasteiger partial charge in [0.2, 0.25) is 5.91 Å². The van der Waals surface area contributed by atoms with E-state index in [4.69, 9.17) is 14.2 Å². The Morgan fingerprint density at radius 2 is 1.89 bits per heavy atom. The van der Waals surface area contributed by atoms with Gasteiger partial charge in [-0.05, 0) is 24.6 Å². The van der Waals surface area contributed by atoms with E-state index in [1.54, 1.807) is 33.5 Å². The van der Waals surface area contributed by atoms with Gasteiger partial charge in [0.05, 0.1) is 27.2 Å². The lowest BCUT2D eigenvalue weighted by molar-refractivity contribution is -0.121. The molecule has 0 saturated heterocycles. The van der Waals surface area contributed by atoms with E-state index in [1.807, 2.05) is 13.0 Å². The molecule has 1 N–H and O–H groups in total. The quantitative estimate of drug-likeness (QED) is 0.811. The number of amides is 1. The number of ether oxygens (including phenoxy) is 3. The fraction of sp³-hybridized carbons (Fsp3) is 0.500. The Hall–Kier alpha value is -1.75. The zero-order valence-corrected chi connectivity index (χ0v) is 11.9. The molecule has 0 spiro atoms.